The molecule has 0 radical (unpaired) electrons. The van der Waals surface area contributed by atoms with Crippen LogP contribution in [0.15, 0.2) is 107 Å². The smallest absolute Gasteiger partial charge is 0.303 e. The molecule has 5 rings (SSSR count). The van der Waals surface area contributed by atoms with E-state index in [1.807, 2.05) is 0 Å². The number of pyridine rings is 1. The SMILES string of the molecule is N#Cc1c(C(F)(F)F)cc(-c2cccc(-c3cc(C(F)(F)F)cc(S(=O)(=O)Cc4ccccc4)c3)c2)n(Cc2ccc(F)cc2F)c1=O. The third-order valence-corrected chi connectivity index (χ3v) is 9.01. The first-order valence-corrected chi connectivity index (χ1v) is 15.4. The van der Waals surface area contributed by atoms with Gasteiger partial charge >= 0.3 is 12.4 Å². The summed E-state index contributed by atoms with van der Waals surface area (Å²) >= 11 is 0. The Labute approximate surface area is 267 Å². The van der Waals surface area contributed by atoms with Gasteiger partial charge in [0.25, 0.3) is 5.56 Å². The van der Waals surface area contributed by atoms with Crippen LogP contribution in [0.2, 0.25) is 0 Å². The van der Waals surface area contributed by atoms with Gasteiger partial charge in [0.1, 0.15) is 23.3 Å². The number of nitriles is 1. The molecule has 0 aliphatic carbocycles. The minimum atomic E-state index is -5.19. The van der Waals surface area contributed by atoms with E-state index in [4.69, 9.17) is 0 Å². The zero-order chi connectivity index (χ0) is 35.0. The number of aromatic nitrogens is 1. The predicted octanol–water partition coefficient (Wildman–Crippen LogP) is 8.39. The average Bonchev–Trinajstić information content (AvgIpc) is 3.02. The van der Waals surface area contributed by atoms with E-state index in [9.17, 15) is 53.6 Å². The molecule has 5 nitrogen and oxygen atoms in total. The van der Waals surface area contributed by atoms with Crippen molar-refractivity contribution in [2.75, 3.05) is 0 Å². The summed E-state index contributed by atoms with van der Waals surface area (Å²) in [7, 11) is -4.34. The summed E-state index contributed by atoms with van der Waals surface area (Å²) in [5, 5.41) is 9.45. The fraction of sp³-hybridized carbons (Fsp3) is 0.118. The first-order chi connectivity index (χ1) is 22.5. The van der Waals surface area contributed by atoms with Crippen molar-refractivity contribution in [1.29, 1.82) is 5.26 Å². The molecule has 4 aromatic carbocycles. The molecule has 1 heterocycles. The Bertz CT molecular complexity index is 2240. The molecule has 0 aliphatic rings. The first kappa shape index (κ1) is 34.1. The minimum Gasteiger partial charge on any atom is -0.303 e. The second-order valence-corrected chi connectivity index (χ2v) is 12.6. The Kier molecular flexibility index (Phi) is 9.03. The van der Waals surface area contributed by atoms with E-state index < -0.39 is 79.0 Å². The van der Waals surface area contributed by atoms with Crippen LogP contribution >= 0.6 is 0 Å². The Morgan fingerprint density at radius 3 is 2.04 bits per heavy atom. The fourth-order valence-electron chi connectivity index (χ4n) is 5.04. The maximum absolute atomic E-state index is 14.6. The molecule has 0 spiro atoms. The molecule has 0 fully saturated rings. The highest BCUT2D eigenvalue weighted by molar-refractivity contribution is 7.90. The number of benzene rings is 4. The normalized spacial score (nSPS) is 12.1. The van der Waals surface area contributed by atoms with Gasteiger partial charge in [-0.1, -0.05) is 54.6 Å². The summed E-state index contributed by atoms with van der Waals surface area (Å²) in [6.07, 6.45) is -10.2. The second-order valence-electron chi connectivity index (χ2n) is 10.6. The number of rotatable bonds is 7. The van der Waals surface area contributed by atoms with Crippen molar-refractivity contribution in [3.05, 3.63) is 147 Å². The van der Waals surface area contributed by atoms with Crippen LogP contribution in [-0.4, -0.2) is 13.0 Å². The van der Waals surface area contributed by atoms with Crippen molar-refractivity contribution in [2.45, 2.75) is 29.5 Å². The lowest BCUT2D eigenvalue weighted by molar-refractivity contribution is -0.138. The van der Waals surface area contributed by atoms with Crippen LogP contribution < -0.4 is 5.56 Å². The lowest BCUT2D eigenvalue weighted by atomic mass is 9.98. The van der Waals surface area contributed by atoms with Crippen LogP contribution in [0.5, 0.6) is 0 Å². The van der Waals surface area contributed by atoms with Crippen LogP contribution in [-0.2, 0) is 34.5 Å². The van der Waals surface area contributed by atoms with Gasteiger partial charge in [0.15, 0.2) is 9.84 Å². The Balaban J connectivity index is 1.71. The standard InChI is InChI=1S/C34H20F8N2O3S/c35-26-10-9-23(30(36)15-26)18-44-31(16-29(34(40,41)42)28(17-43)32(44)45)22-8-4-7-21(11-22)24-12-25(33(37,38)39)14-27(13-24)48(46,47)19-20-5-2-1-3-6-20/h1-16H,18-19H2. The third-order valence-electron chi connectivity index (χ3n) is 7.35. The summed E-state index contributed by atoms with van der Waals surface area (Å²) in [4.78, 5) is 12.6. The van der Waals surface area contributed by atoms with E-state index >= 15 is 0 Å². The zero-order valence-corrected chi connectivity index (χ0v) is 25.0. The van der Waals surface area contributed by atoms with Crippen molar-refractivity contribution in [2.24, 2.45) is 0 Å². The molecule has 1 aromatic heterocycles. The molecule has 48 heavy (non-hydrogen) atoms. The molecule has 0 atom stereocenters. The number of hydrogen-bond donors (Lipinski definition) is 0. The van der Waals surface area contributed by atoms with Crippen molar-refractivity contribution >= 4 is 9.84 Å². The van der Waals surface area contributed by atoms with Crippen LogP contribution in [0.4, 0.5) is 35.1 Å². The van der Waals surface area contributed by atoms with Gasteiger partial charge in [-0.15, -0.1) is 0 Å². The zero-order valence-electron chi connectivity index (χ0n) is 24.2. The lowest BCUT2D eigenvalue weighted by Crippen LogP contribution is -2.29. The molecule has 0 saturated carbocycles. The van der Waals surface area contributed by atoms with Gasteiger partial charge in [-0.05, 0) is 58.7 Å². The van der Waals surface area contributed by atoms with Gasteiger partial charge in [0.05, 0.1) is 34.0 Å². The highest BCUT2D eigenvalue weighted by Crippen LogP contribution is 2.38. The molecule has 0 N–H and O–H groups in total. The summed E-state index contributed by atoms with van der Waals surface area (Å²) in [6, 6.07) is 18.8. The molecule has 0 unspecified atom stereocenters. The molecule has 0 bridgehead atoms. The van der Waals surface area contributed by atoms with E-state index in [-0.39, 0.29) is 22.3 Å². The van der Waals surface area contributed by atoms with Crippen LogP contribution in [0.3, 0.4) is 0 Å². The topological polar surface area (TPSA) is 79.9 Å². The van der Waals surface area contributed by atoms with E-state index in [0.29, 0.717) is 34.4 Å². The van der Waals surface area contributed by atoms with Crippen molar-refractivity contribution in [3.8, 4) is 28.5 Å². The predicted molar refractivity (Wildman–Crippen MR) is 159 cm³/mol. The van der Waals surface area contributed by atoms with Gasteiger partial charge in [-0.3, -0.25) is 4.79 Å². The van der Waals surface area contributed by atoms with E-state index in [0.717, 1.165) is 24.3 Å². The number of halogens is 8. The maximum Gasteiger partial charge on any atom is 0.417 e. The van der Waals surface area contributed by atoms with Gasteiger partial charge in [-0.25, -0.2) is 17.2 Å². The Morgan fingerprint density at radius 1 is 0.729 bits per heavy atom. The van der Waals surface area contributed by atoms with Gasteiger partial charge in [-0.2, -0.15) is 31.6 Å². The summed E-state index contributed by atoms with van der Waals surface area (Å²) in [6.45, 7) is -0.747. The molecule has 0 aliphatic heterocycles. The van der Waals surface area contributed by atoms with Gasteiger partial charge in [0.2, 0.25) is 0 Å². The van der Waals surface area contributed by atoms with Crippen molar-refractivity contribution < 1.29 is 43.5 Å². The number of sulfone groups is 1. The molecule has 5 aromatic rings. The van der Waals surface area contributed by atoms with E-state index in [1.165, 1.54) is 36.4 Å². The van der Waals surface area contributed by atoms with Crippen LogP contribution in [0, 0.1) is 23.0 Å². The molecular formula is C34H20F8N2O3S. The number of nitrogens with zero attached hydrogens (tertiary/aromatic N) is 2. The second kappa shape index (κ2) is 12.7. The van der Waals surface area contributed by atoms with Gasteiger partial charge in [0, 0.05) is 11.6 Å². The monoisotopic (exact) mass is 688 g/mol. The Hall–Kier alpha value is -5.29. The number of hydrogen-bond acceptors (Lipinski definition) is 4. The van der Waals surface area contributed by atoms with E-state index in [1.54, 1.807) is 18.2 Å². The Morgan fingerprint density at radius 2 is 1.42 bits per heavy atom. The maximum atomic E-state index is 14.6. The largest absolute Gasteiger partial charge is 0.417 e. The summed E-state index contributed by atoms with van der Waals surface area (Å²) < 4.78 is 139. The molecule has 246 valence electrons. The highest BCUT2D eigenvalue weighted by Gasteiger charge is 2.37. The van der Waals surface area contributed by atoms with Crippen molar-refractivity contribution in [1.82, 2.24) is 4.57 Å². The minimum absolute atomic E-state index is 0.0698. The summed E-state index contributed by atoms with van der Waals surface area (Å²) in [5.41, 5.74) is -6.67. The first-order valence-electron chi connectivity index (χ1n) is 13.8. The van der Waals surface area contributed by atoms with Crippen LogP contribution in [0.25, 0.3) is 22.4 Å². The lowest BCUT2D eigenvalue weighted by Gasteiger charge is -2.19. The number of alkyl halides is 6. The highest BCUT2D eigenvalue weighted by atomic mass is 32.2. The quantitative estimate of drug-likeness (QED) is 0.161. The van der Waals surface area contributed by atoms with Gasteiger partial charge < -0.3 is 4.57 Å². The molecule has 0 saturated heterocycles. The van der Waals surface area contributed by atoms with Crippen molar-refractivity contribution in [3.63, 3.8) is 0 Å². The fourth-order valence-corrected chi connectivity index (χ4v) is 6.45. The molecule has 0 amide bonds. The summed E-state index contributed by atoms with van der Waals surface area (Å²) in [5.74, 6) is -2.71. The average molecular weight is 689 g/mol. The third kappa shape index (κ3) is 7.16. The molecular weight excluding hydrogens is 668 g/mol. The molecule has 14 heteroatoms. The van der Waals surface area contributed by atoms with E-state index in [2.05, 4.69) is 0 Å². The van der Waals surface area contributed by atoms with Crippen LogP contribution in [0.1, 0.15) is 27.8 Å².